The predicted octanol–water partition coefficient (Wildman–Crippen LogP) is 3.79. The van der Waals surface area contributed by atoms with Gasteiger partial charge in [0.15, 0.2) is 5.65 Å². The Labute approximate surface area is 190 Å². The van der Waals surface area contributed by atoms with Gasteiger partial charge in [-0.1, -0.05) is 0 Å². The van der Waals surface area contributed by atoms with Crippen LogP contribution < -0.4 is 4.90 Å². The van der Waals surface area contributed by atoms with Gasteiger partial charge < -0.3 is 14.6 Å². The summed E-state index contributed by atoms with van der Waals surface area (Å²) in [6.45, 7) is 1.86. The van der Waals surface area contributed by atoms with Crippen molar-refractivity contribution in [3.05, 3.63) is 59.4 Å². The molecule has 2 aliphatic rings. The standard InChI is InChI=1S/C24H25F2N5O2/c25-17-3-4-20(26)18(14-17)21-2-1-9-30(21)22-7-12-31-23(28-22)19(15-27-31)24(33)29-10-5-16(6-11-29)8-13-32/h3-4,7,12-16,21H,1-2,5-6,8-11H2/t21-/m1/s1. The summed E-state index contributed by atoms with van der Waals surface area (Å²) < 4.78 is 29.8. The molecule has 0 saturated carbocycles. The number of aromatic nitrogens is 3. The van der Waals surface area contributed by atoms with Crippen molar-refractivity contribution in [2.75, 3.05) is 24.5 Å². The van der Waals surface area contributed by atoms with E-state index in [4.69, 9.17) is 4.98 Å². The number of carbonyl (C=O) groups excluding carboxylic acids is 2. The molecule has 0 spiro atoms. The summed E-state index contributed by atoms with van der Waals surface area (Å²) in [7, 11) is 0. The second-order valence-electron chi connectivity index (χ2n) is 8.77. The van der Waals surface area contributed by atoms with Gasteiger partial charge in [0, 0.05) is 37.8 Å². The van der Waals surface area contributed by atoms with Crippen LogP contribution in [0.3, 0.4) is 0 Å². The van der Waals surface area contributed by atoms with Crippen LogP contribution in [-0.4, -0.2) is 51.3 Å². The molecule has 7 nitrogen and oxygen atoms in total. The highest BCUT2D eigenvalue weighted by atomic mass is 19.1. The number of anilines is 1. The average molecular weight is 453 g/mol. The third-order valence-electron chi connectivity index (χ3n) is 6.78. The number of hydrogen-bond acceptors (Lipinski definition) is 5. The Kier molecular flexibility index (Phi) is 5.78. The van der Waals surface area contributed by atoms with Gasteiger partial charge in [-0.2, -0.15) is 5.10 Å². The van der Waals surface area contributed by atoms with Gasteiger partial charge in [-0.05, 0) is 55.9 Å². The van der Waals surface area contributed by atoms with E-state index >= 15 is 0 Å². The molecular formula is C24H25F2N5O2. The van der Waals surface area contributed by atoms with Crippen molar-refractivity contribution in [2.24, 2.45) is 5.92 Å². The van der Waals surface area contributed by atoms with Crippen molar-refractivity contribution in [2.45, 2.75) is 38.1 Å². The quantitative estimate of drug-likeness (QED) is 0.550. The Morgan fingerprint density at radius 3 is 2.73 bits per heavy atom. The van der Waals surface area contributed by atoms with Crippen molar-refractivity contribution in [3.8, 4) is 0 Å². The highest BCUT2D eigenvalue weighted by Gasteiger charge is 2.31. The minimum Gasteiger partial charge on any atom is -0.349 e. The van der Waals surface area contributed by atoms with Gasteiger partial charge in [-0.25, -0.2) is 18.3 Å². The second-order valence-corrected chi connectivity index (χ2v) is 8.77. The van der Waals surface area contributed by atoms with Crippen molar-refractivity contribution >= 4 is 23.7 Å². The van der Waals surface area contributed by atoms with E-state index in [1.807, 2.05) is 4.90 Å². The molecule has 0 N–H and O–H groups in total. The summed E-state index contributed by atoms with van der Waals surface area (Å²) >= 11 is 0. The first kappa shape index (κ1) is 21.5. The van der Waals surface area contributed by atoms with Crippen LogP contribution in [0.5, 0.6) is 0 Å². The highest BCUT2D eigenvalue weighted by molar-refractivity contribution is 5.99. The van der Waals surface area contributed by atoms with Crippen molar-refractivity contribution < 1.29 is 18.4 Å². The van der Waals surface area contributed by atoms with Crippen LogP contribution in [0.2, 0.25) is 0 Å². The average Bonchev–Trinajstić information content (AvgIpc) is 3.48. The van der Waals surface area contributed by atoms with Crippen LogP contribution in [0.4, 0.5) is 14.6 Å². The number of aldehydes is 1. The Balaban J connectivity index is 1.42. The molecule has 2 aliphatic heterocycles. The second kappa shape index (κ2) is 8.88. The molecule has 33 heavy (non-hydrogen) atoms. The lowest BCUT2D eigenvalue weighted by molar-refractivity contribution is -0.108. The molecule has 2 fully saturated rings. The maximum Gasteiger partial charge on any atom is 0.259 e. The van der Waals surface area contributed by atoms with Crippen LogP contribution >= 0.6 is 0 Å². The maximum absolute atomic E-state index is 14.5. The summed E-state index contributed by atoms with van der Waals surface area (Å²) in [6.07, 6.45) is 7.87. The molecule has 172 valence electrons. The fourth-order valence-electron chi connectivity index (χ4n) is 4.98. The van der Waals surface area contributed by atoms with E-state index < -0.39 is 11.6 Å². The molecule has 3 aromatic rings. The topological polar surface area (TPSA) is 70.8 Å². The van der Waals surface area contributed by atoms with Crippen LogP contribution in [0.15, 0.2) is 36.7 Å². The number of nitrogens with zero attached hydrogens (tertiary/aromatic N) is 5. The number of halogens is 2. The number of rotatable bonds is 5. The molecular weight excluding hydrogens is 428 g/mol. The first-order valence-electron chi connectivity index (χ1n) is 11.3. The number of amides is 1. The Morgan fingerprint density at radius 2 is 1.94 bits per heavy atom. The number of likely N-dealkylation sites (tertiary alicyclic amines) is 1. The number of carbonyl (C=O) groups is 2. The molecule has 4 heterocycles. The largest absolute Gasteiger partial charge is 0.349 e. The van der Waals surface area contributed by atoms with Gasteiger partial charge in [0.1, 0.15) is 29.3 Å². The van der Waals surface area contributed by atoms with E-state index in [9.17, 15) is 18.4 Å². The lowest BCUT2D eigenvalue weighted by Gasteiger charge is -2.31. The molecule has 1 amide bonds. The minimum absolute atomic E-state index is 0.131. The van der Waals surface area contributed by atoms with Gasteiger partial charge in [-0.3, -0.25) is 4.79 Å². The third kappa shape index (κ3) is 4.07. The predicted molar refractivity (Wildman–Crippen MR) is 118 cm³/mol. The zero-order valence-electron chi connectivity index (χ0n) is 18.2. The van der Waals surface area contributed by atoms with Crippen molar-refractivity contribution in [1.82, 2.24) is 19.5 Å². The van der Waals surface area contributed by atoms with Crippen LogP contribution in [-0.2, 0) is 4.79 Å². The summed E-state index contributed by atoms with van der Waals surface area (Å²) in [6, 6.07) is 4.99. The van der Waals surface area contributed by atoms with E-state index in [0.29, 0.717) is 61.0 Å². The molecule has 5 rings (SSSR count). The zero-order chi connectivity index (χ0) is 22.9. The molecule has 0 radical (unpaired) electrons. The number of piperidine rings is 1. The summed E-state index contributed by atoms with van der Waals surface area (Å²) in [5.74, 6) is -0.105. The summed E-state index contributed by atoms with van der Waals surface area (Å²) in [4.78, 5) is 32.4. The van der Waals surface area contributed by atoms with E-state index in [1.54, 1.807) is 21.7 Å². The van der Waals surface area contributed by atoms with Crippen molar-refractivity contribution in [3.63, 3.8) is 0 Å². The fraction of sp³-hybridized carbons (Fsp3) is 0.417. The number of benzene rings is 1. The molecule has 1 aromatic carbocycles. The monoisotopic (exact) mass is 453 g/mol. The van der Waals surface area contributed by atoms with Gasteiger partial charge in [0.05, 0.1) is 12.2 Å². The third-order valence-corrected chi connectivity index (χ3v) is 6.78. The lowest BCUT2D eigenvalue weighted by Crippen LogP contribution is -2.38. The SMILES string of the molecule is O=CCC1CCN(C(=O)c2cnn3ccc(N4CCC[C@@H]4c4cc(F)ccc4F)nc23)CC1. The van der Waals surface area contributed by atoms with Crippen LogP contribution in [0.25, 0.3) is 5.65 Å². The van der Waals surface area contributed by atoms with E-state index in [-0.39, 0.29) is 11.9 Å². The minimum atomic E-state index is -0.470. The van der Waals surface area contributed by atoms with Gasteiger partial charge >= 0.3 is 0 Å². The molecule has 0 unspecified atom stereocenters. The molecule has 1 atom stereocenters. The Hall–Kier alpha value is -3.36. The van der Waals surface area contributed by atoms with E-state index in [1.165, 1.54) is 12.3 Å². The Bertz CT molecular complexity index is 1190. The zero-order valence-corrected chi connectivity index (χ0v) is 18.2. The smallest absolute Gasteiger partial charge is 0.259 e. The molecule has 0 bridgehead atoms. The molecule has 0 aliphatic carbocycles. The molecule has 2 saturated heterocycles. The van der Waals surface area contributed by atoms with Crippen LogP contribution in [0, 0.1) is 17.6 Å². The molecule has 2 aromatic heterocycles. The first-order chi connectivity index (χ1) is 16.0. The number of fused-ring (bicyclic) bond motifs is 1. The van der Waals surface area contributed by atoms with Gasteiger partial charge in [0.25, 0.3) is 5.91 Å². The summed E-state index contributed by atoms with van der Waals surface area (Å²) in [5.41, 5.74) is 1.17. The van der Waals surface area contributed by atoms with E-state index in [0.717, 1.165) is 37.7 Å². The fourth-order valence-corrected chi connectivity index (χ4v) is 4.98. The van der Waals surface area contributed by atoms with Crippen molar-refractivity contribution in [1.29, 1.82) is 0 Å². The maximum atomic E-state index is 14.5. The summed E-state index contributed by atoms with van der Waals surface area (Å²) in [5, 5.41) is 4.28. The van der Waals surface area contributed by atoms with Gasteiger partial charge in [0.2, 0.25) is 0 Å². The Morgan fingerprint density at radius 1 is 1.12 bits per heavy atom. The first-order valence-corrected chi connectivity index (χ1v) is 11.3. The van der Waals surface area contributed by atoms with Crippen LogP contribution in [0.1, 0.15) is 54.1 Å². The lowest BCUT2D eigenvalue weighted by atomic mass is 9.94. The molecule has 9 heteroatoms. The normalized spacial score (nSPS) is 19.4. The highest BCUT2D eigenvalue weighted by Crippen LogP contribution is 2.37. The van der Waals surface area contributed by atoms with E-state index in [2.05, 4.69) is 5.10 Å². The van der Waals surface area contributed by atoms with Gasteiger partial charge in [-0.15, -0.1) is 0 Å². The number of hydrogen-bond donors (Lipinski definition) is 0.